The van der Waals surface area contributed by atoms with Crippen molar-refractivity contribution in [2.45, 2.75) is 44.6 Å². The lowest BCUT2D eigenvalue weighted by Crippen LogP contribution is -2.49. The number of carbonyl (C=O) groups excluding carboxylic acids is 2. The standard InChI is InChI=1S/C32H30F3N5O3/c1-3-43-32(42)24-11-23(24)18-8-9-22(25(34)10-18)27-12-29-36-28(13-30(40(29)37-27)38-14-19(33)15-38)31(41)39-16-26(35)21-7-5-4-6-20(21)17(39)2/h4-10,12-13,17,19,23-24,26H,3,11,14-16H2,1-2H3/t17-,23-,24+,26?/m1/s1. The molecule has 4 heterocycles. The molecule has 2 fully saturated rings. The fourth-order valence-electron chi connectivity index (χ4n) is 6.26. The van der Waals surface area contributed by atoms with Gasteiger partial charge in [0.15, 0.2) is 5.65 Å². The van der Waals surface area contributed by atoms with E-state index in [9.17, 15) is 14.0 Å². The van der Waals surface area contributed by atoms with E-state index in [0.717, 1.165) is 5.56 Å². The van der Waals surface area contributed by atoms with Gasteiger partial charge in [0.05, 0.1) is 43.9 Å². The molecule has 2 aromatic carbocycles. The van der Waals surface area contributed by atoms with Crippen LogP contribution in [0.2, 0.25) is 0 Å². The Morgan fingerprint density at radius 1 is 1.02 bits per heavy atom. The third-order valence-corrected chi connectivity index (χ3v) is 8.73. The summed E-state index contributed by atoms with van der Waals surface area (Å²) in [6.45, 7) is 4.03. The molecule has 3 aliphatic rings. The normalized spacial score (nSPS) is 23.2. The van der Waals surface area contributed by atoms with Crippen molar-refractivity contribution in [2.24, 2.45) is 5.92 Å². The number of aromatic nitrogens is 3. The maximum atomic E-state index is 15.4. The van der Waals surface area contributed by atoms with Crippen molar-refractivity contribution in [3.05, 3.63) is 82.8 Å². The van der Waals surface area contributed by atoms with Crippen LogP contribution < -0.4 is 4.90 Å². The Morgan fingerprint density at radius 3 is 2.51 bits per heavy atom. The van der Waals surface area contributed by atoms with Crippen LogP contribution in [0.3, 0.4) is 0 Å². The van der Waals surface area contributed by atoms with Gasteiger partial charge >= 0.3 is 5.97 Å². The lowest BCUT2D eigenvalue weighted by atomic mass is 9.92. The topological polar surface area (TPSA) is 80.0 Å². The summed E-state index contributed by atoms with van der Waals surface area (Å²) < 4.78 is 51.0. The van der Waals surface area contributed by atoms with Gasteiger partial charge in [-0.25, -0.2) is 18.2 Å². The van der Waals surface area contributed by atoms with Crippen LogP contribution in [-0.4, -0.2) is 63.8 Å². The van der Waals surface area contributed by atoms with Gasteiger partial charge in [-0.2, -0.15) is 9.61 Å². The Bertz CT molecular complexity index is 1750. The predicted molar refractivity (Wildman–Crippen MR) is 153 cm³/mol. The van der Waals surface area contributed by atoms with E-state index in [0.29, 0.717) is 35.7 Å². The fourth-order valence-corrected chi connectivity index (χ4v) is 6.26. The molecular weight excluding hydrogens is 559 g/mol. The molecule has 11 heteroatoms. The second-order valence-corrected chi connectivity index (χ2v) is 11.5. The Labute approximate surface area is 246 Å². The van der Waals surface area contributed by atoms with Crippen molar-refractivity contribution >= 4 is 23.3 Å². The number of benzene rings is 2. The highest BCUT2D eigenvalue weighted by atomic mass is 19.1. The van der Waals surface area contributed by atoms with E-state index in [4.69, 9.17) is 4.74 Å². The van der Waals surface area contributed by atoms with Gasteiger partial charge < -0.3 is 14.5 Å². The zero-order valence-corrected chi connectivity index (χ0v) is 23.7. The number of hydrogen-bond donors (Lipinski definition) is 0. The lowest BCUT2D eigenvalue weighted by Gasteiger charge is -2.38. The number of hydrogen-bond acceptors (Lipinski definition) is 6. The Hall–Kier alpha value is -4.41. The van der Waals surface area contributed by atoms with Gasteiger partial charge in [-0.15, -0.1) is 0 Å². The molecule has 2 aliphatic heterocycles. The molecule has 1 saturated heterocycles. The fraction of sp³-hybridized carbons (Fsp3) is 0.375. The minimum absolute atomic E-state index is 0.0734. The summed E-state index contributed by atoms with van der Waals surface area (Å²) in [5.74, 6) is -1.13. The van der Waals surface area contributed by atoms with Crippen molar-refractivity contribution in [1.29, 1.82) is 0 Å². The van der Waals surface area contributed by atoms with Crippen LogP contribution in [0, 0.1) is 11.7 Å². The van der Waals surface area contributed by atoms with Gasteiger partial charge in [-0.05, 0) is 55.0 Å². The first-order valence-electron chi connectivity index (χ1n) is 14.5. The van der Waals surface area contributed by atoms with Crippen molar-refractivity contribution in [1.82, 2.24) is 19.5 Å². The second-order valence-electron chi connectivity index (χ2n) is 11.5. The molecule has 0 radical (unpaired) electrons. The van der Waals surface area contributed by atoms with E-state index >= 15 is 8.78 Å². The zero-order valence-electron chi connectivity index (χ0n) is 23.7. The molecule has 1 amide bonds. The monoisotopic (exact) mass is 589 g/mol. The third kappa shape index (κ3) is 4.71. The molecule has 43 heavy (non-hydrogen) atoms. The minimum atomic E-state index is -1.34. The van der Waals surface area contributed by atoms with Gasteiger partial charge in [-0.3, -0.25) is 9.59 Å². The highest BCUT2D eigenvalue weighted by Crippen LogP contribution is 2.48. The van der Waals surface area contributed by atoms with Gasteiger partial charge in [0.25, 0.3) is 5.91 Å². The van der Waals surface area contributed by atoms with E-state index in [2.05, 4.69) is 10.1 Å². The quantitative estimate of drug-likeness (QED) is 0.273. The molecule has 4 atom stereocenters. The second kappa shape index (κ2) is 10.4. The van der Waals surface area contributed by atoms with Crippen LogP contribution in [0.15, 0.2) is 54.6 Å². The maximum Gasteiger partial charge on any atom is 0.309 e. The molecule has 4 aromatic rings. The smallest absolute Gasteiger partial charge is 0.309 e. The Kier molecular flexibility index (Phi) is 6.63. The number of amides is 1. The van der Waals surface area contributed by atoms with Crippen molar-refractivity contribution < 1.29 is 27.5 Å². The van der Waals surface area contributed by atoms with E-state index in [-0.39, 0.29) is 60.4 Å². The first-order valence-corrected chi connectivity index (χ1v) is 14.5. The zero-order chi connectivity index (χ0) is 30.0. The highest BCUT2D eigenvalue weighted by molar-refractivity contribution is 5.94. The van der Waals surface area contributed by atoms with E-state index in [1.54, 1.807) is 48.2 Å². The summed E-state index contributed by atoms with van der Waals surface area (Å²) in [6.07, 6.45) is -1.74. The van der Waals surface area contributed by atoms with Gasteiger partial charge in [0.1, 0.15) is 29.7 Å². The van der Waals surface area contributed by atoms with Crippen molar-refractivity contribution in [2.75, 3.05) is 31.1 Å². The molecular formula is C32H30F3N5O3. The van der Waals surface area contributed by atoms with Crippen LogP contribution in [0.5, 0.6) is 0 Å². The summed E-state index contributed by atoms with van der Waals surface area (Å²) in [4.78, 5) is 33.6. The summed E-state index contributed by atoms with van der Waals surface area (Å²) >= 11 is 0. The van der Waals surface area contributed by atoms with Crippen LogP contribution in [0.1, 0.15) is 65.6 Å². The van der Waals surface area contributed by atoms with Crippen molar-refractivity contribution in [3.63, 3.8) is 0 Å². The molecule has 1 aliphatic carbocycles. The number of rotatable bonds is 6. The molecule has 0 N–H and O–H groups in total. The number of fused-ring (bicyclic) bond motifs is 2. The third-order valence-electron chi connectivity index (χ3n) is 8.73. The number of nitrogens with zero attached hydrogens (tertiary/aromatic N) is 5. The molecule has 1 saturated carbocycles. The summed E-state index contributed by atoms with van der Waals surface area (Å²) in [6, 6.07) is 14.7. The first-order chi connectivity index (χ1) is 20.7. The highest BCUT2D eigenvalue weighted by Gasteiger charge is 2.45. The predicted octanol–water partition coefficient (Wildman–Crippen LogP) is 5.59. The van der Waals surface area contributed by atoms with Gasteiger partial charge in [0, 0.05) is 17.7 Å². The SMILES string of the molecule is CCOC(=O)[C@H]1C[C@@H]1c1ccc(-c2cc3nc(C(=O)N4CC(F)c5ccccc5[C@H]4C)cc(N4CC(F)C4)n3n2)c(F)c1. The van der Waals surface area contributed by atoms with E-state index < -0.39 is 24.1 Å². The number of carbonyl (C=O) groups is 2. The van der Waals surface area contributed by atoms with E-state index in [1.165, 1.54) is 15.5 Å². The average Bonchev–Trinajstić information content (AvgIpc) is 3.68. The molecule has 0 bridgehead atoms. The Balaban J connectivity index is 1.22. The summed E-state index contributed by atoms with van der Waals surface area (Å²) in [5.41, 5.74) is 2.91. The molecule has 7 rings (SSSR count). The van der Waals surface area contributed by atoms with Crippen LogP contribution >= 0.6 is 0 Å². The average molecular weight is 590 g/mol. The molecule has 8 nitrogen and oxygen atoms in total. The molecule has 2 aromatic heterocycles. The lowest BCUT2D eigenvalue weighted by molar-refractivity contribution is -0.144. The molecule has 1 unspecified atom stereocenters. The van der Waals surface area contributed by atoms with Crippen LogP contribution in [0.25, 0.3) is 16.9 Å². The van der Waals surface area contributed by atoms with Gasteiger partial charge in [0.2, 0.25) is 0 Å². The van der Waals surface area contributed by atoms with Crippen LogP contribution in [0.4, 0.5) is 19.0 Å². The van der Waals surface area contributed by atoms with Gasteiger partial charge in [-0.1, -0.05) is 30.3 Å². The maximum absolute atomic E-state index is 15.4. The minimum Gasteiger partial charge on any atom is -0.466 e. The molecule has 0 spiro atoms. The number of esters is 1. The first kappa shape index (κ1) is 27.4. The number of anilines is 1. The summed E-state index contributed by atoms with van der Waals surface area (Å²) in [5, 5.41) is 4.59. The molecule has 222 valence electrons. The Morgan fingerprint density at radius 2 is 1.79 bits per heavy atom. The number of alkyl halides is 2. The number of ether oxygens (including phenoxy) is 1. The summed E-state index contributed by atoms with van der Waals surface area (Å²) in [7, 11) is 0. The van der Waals surface area contributed by atoms with Crippen LogP contribution in [-0.2, 0) is 9.53 Å². The number of halogens is 3. The van der Waals surface area contributed by atoms with Crippen molar-refractivity contribution in [3.8, 4) is 11.3 Å². The van der Waals surface area contributed by atoms with E-state index in [1.807, 2.05) is 19.1 Å². The largest absolute Gasteiger partial charge is 0.466 e.